The van der Waals surface area contributed by atoms with Crippen molar-refractivity contribution in [2.24, 2.45) is 0 Å². The van der Waals surface area contributed by atoms with E-state index >= 15 is 0 Å². The van der Waals surface area contributed by atoms with Crippen LogP contribution in [-0.4, -0.2) is 42.6 Å². The first-order valence-electron chi connectivity index (χ1n) is 8.60. The topological polar surface area (TPSA) is 51.7 Å². The van der Waals surface area contributed by atoms with Crippen molar-refractivity contribution >= 4 is 16.7 Å². The Morgan fingerprint density at radius 1 is 1.15 bits per heavy atom. The van der Waals surface area contributed by atoms with Crippen LogP contribution in [0.4, 0.5) is 0 Å². The van der Waals surface area contributed by atoms with E-state index in [1.807, 2.05) is 36.4 Å². The number of carbonyl (C=O) groups is 1. The molecular formula is C21H20N2O3. The minimum atomic E-state index is -0.426. The number of aromatic nitrogens is 1. The number of likely N-dealkylation sites (N-methyl/N-ethyl adjacent to an activating group) is 1. The summed E-state index contributed by atoms with van der Waals surface area (Å²) in [4.78, 5) is 18.2. The SMILES string of the molecule is COc1ccncc1-c1cc(OC2CCN(C)C2=O)cc2ccccc12. The Hall–Kier alpha value is -3.08. The van der Waals surface area contributed by atoms with Crippen molar-refractivity contribution in [3.63, 3.8) is 0 Å². The lowest BCUT2D eigenvalue weighted by Gasteiger charge is -2.16. The van der Waals surface area contributed by atoms with Gasteiger partial charge < -0.3 is 14.4 Å². The van der Waals surface area contributed by atoms with E-state index in [0.717, 1.165) is 34.2 Å². The summed E-state index contributed by atoms with van der Waals surface area (Å²) in [7, 11) is 3.45. The van der Waals surface area contributed by atoms with Crippen molar-refractivity contribution in [3.8, 4) is 22.6 Å². The molecule has 1 atom stereocenters. The molecule has 5 nitrogen and oxygen atoms in total. The lowest BCUT2D eigenvalue weighted by molar-refractivity contribution is -0.132. The first kappa shape index (κ1) is 16.4. The third-order valence-electron chi connectivity index (χ3n) is 4.78. The van der Waals surface area contributed by atoms with Crippen molar-refractivity contribution in [2.45, 2.75) is 12.5 Å². The summed E-state index contributed by atoms with van der Waals surface area (Å²) in [5.74, 6) is 1.45. The second kappa shape index (κ2) is 6.67. The minimum absolute atomic E-state index is 0.0265. The van der Waals surface area contributed by atoms with Crippen molar-refractivity contribution < 1.29 is 14.3 Å². The molecular weight excluding hydrogens is 328 g/mol. The molecule has 1 unspecified atom stereocenters. The number of fused-ring (bicyclic) bond motifs is 1. The Bertz CT molecular complexity index is 970. The third-order valence-corrected chi connectivity index (χ3v) is 4.78. The van der Waals surface area contributed by atoms with E-state index < -0.39 is 6.10 Å². The molecule has 0 spiro atoms. The average molecular weight is 348 g/mol. The average Bonchev–Trinajstić information content (AvgIpc) is 2.99. The molecule has 1 aliphatic rings. The number of pyridine rings is 1. The Morgan fingerprint density at radius 2 is 2.00 bits per heavy atom. The van der Waals surface area contributed by atoms with Crippen LogP contribution >= 0.6 is 0 Å². The maximum Gasteiger partial charge on any atom is 0.263 e. The van der Waals surface area contributed by atoms with Crippen LogP contribution < -0.4 is 9.47 Å². The third kappa shape index (κ3) is 2.86. The summed E-state index contributed by atoms with van der Waals surface area (Å²) in [5, 5.41) is 2.13. The molecule has 0 aliphatic carbocycles. The minimum Gasteiger partial charge on any atom is -0.496 e. The monoisotopic (exact) mass is 348 g/mol. The summed E-state index contributed by atoms with van der Waals surface area (Å²) in [6, 6.07) is 13.9. The summed E-state index contributed by atoms with van der Waals surface area (Å²) in [5.41, 5.74) is 1.87. The Labute approximate surface area is 152 Å². The molecule has 26 heavy (non-hydrogen) atoms. The first-order valence-corrected chi connectivity index (χ1v) is 8.60. The predicted octanol–water partition coefficient (Wildman–Crippen LogP) is 3.52. The smallest absolute Gasteiger partial charge is 0.263 e. The van der Waals surface area contributed by atoms with Crippen molar-refractivity contribution in [2.75, 3.05) is 20.7 Å². The van der Waals surface area contributed by atoms with Gasteiger partial charge in [-0.2, -0.15) is 0 Å². The van der Waals surface area contributed by atoms with Crippen LogP contribution in [0.15, 0.2) is 54.9 Å². The highest BCUT2D eigenvalue weighted by atomic mass is 16.5. The molecule has 4 rings (SSSR count). The number of hydrogen-bond donors (Lipinski definition) is 0. The van der Waals surface area contributed by atoms with E-state index in [9.17, 15) is 4.79 Å². The van der Waals surface area contributed by atoms with Crippen LogP contribution in [0.25, 0.3) is 21.9 Å². The maximum atomic E-state index is 12.2. The maximum absolute atomic E-state index is 12.2. The van der Waals surface area contributed by atoms with Gasteiger partial charge in [0, 0.05) is 38.0 Å². The van der Waals surface area contributed by atoms with E-state index in [0.29, 0.717) is 12.2 Å². The number of hydrogen-bond acceptors (Lipinski definition) is 4. The Morgan fingerprint density at radius 3 is 2.77 bits per heavy atom. The van der Waals surface area contributed by atoms with Crippen LogP contribution in [-0.2, 0) is 4.79 Å². The summed E-state index contributed by atoms with van der Waals surface area (Å²) >= 11 is 0. The predicted molar refractivity (Wildman–Crippen MR) is 100 cm³/mol. The van der Waals surface area contributed by atoms with Crippen LogP contribution in [0.1, 0.15) is 6.42 Å². The summed E-state index contributed by atoms with van der Waals surface area (Å²) in [6.07, 6.45) is 3.77. The molecule has 1 aliphatic heterocycles. The molecule has 0 saturated carbocycles. The molecule has 0 N–H and O–H groups in total. The summed E-state index contributed by atoms with van der Waals surface area (Å²) in [6.45, 7) is 0.723. The van der Waals surface area contributed by atoms with Crippen molar-refractivity contribution in [1.82, 2.24) is 9.88 Å². The van der Waals surface area contributed by atoms with Gasteiger partial charge in [-0.3, -0.25) is 9.78 Å². The van der Waals surface area contributed by atoms with Gasteiger partial charge >= 0.3 is 0 Å². The van der Waals surface area contributed by atoms with E-state index in [4.69, 9.17) is 9.47 Å². The van der Waals surface area contributed by atoms with E-state index in [1.165, 1.54) is 0 Å². The molecule has 2 heterocycles. The second-order valence-electron chi connectivity index (χ2n) is 6.42. The fourth-order valence-corrected chi connectivity index (χ4v) is 3.40. The lowest BCUT2D eigenvalue weighted by atomic mass is 9.98. The zero-order chi connectivity index (χ0) is 18.1. The van der Waals surface area contributed by atoms with Gasteiger partial charge in [0.25, 0.3) is 5.91 Å². The number of amides is 1. The summed E-state index contributed by atoms with van der Waals surface area (Å²) < 4.78 is 11.6. The van der Waals surface area contributed by atoms with Crippen molar-refractivity contribution in [1.29, 1.82) is 0 Å². The number of methoxy groups -OCH3 is 1. The molecule has 5 heteroatoms. The first-order chi connectivity index (χ1) is 12.7. The number of nitrogens with zero attached hydrogens (tertiary/aromatic N) is 2. The fourth-order valence-electron chi connectivity index (χ4n) is 3.40. The Balaban J connectivity index is 1.83. The van der Waals surface area contributed by atoms with Crippen LogP contribution in [0.3, 0.4) is 0 Å². The number of benzene rings is 2. The number of rotatable bonds is 4. The van der Waals surface area contributed by atoms with Crippen molar-refractivity contribution in [3.05, 3.63) is 54.9 Å². The lowest BCUT2D eigenvalue weighted by Crippen LogP contribution is -2.29. The van der Waals surface area contributed by atoms with Crippen LogP contribution in [0.5, 0.6) is 11.5 Å². The van der Waals surface area contributed by atoms with Crippen LogP contribution in [0, 0.1) is 0 Å². The molecule has 2 aromatic carbocycles. The van der Waals surface area contributed by atoms with E-state index in [-0.39, 0.29) is 5.91 Å². The molecule has 0 radical (unpaired) electrons. The quantitative estimate of drug-likeness (QED) is 0.724. The zero-order valence-corrected chi connectivity index (χ0v) is 14.8. The second-order valence-corrected chi connectivity index (χ2v) is 6.42. The molecule has 1 aromatic heterocycles. The van der Waals surface area contributed by atoms with Gasteiger partial charge in [0.15, 0.2) is 6.10 Å². The Kier molecular flexibility index (Phi) is 4.21. The van der Waals surface area contributed by atoms with Gasteiger partial charge in [0.1, 0.15) is 11.5 Å². The highest BCUT2D eigenvalue weighted by Gasteiger charge is 2.31. The van der Waals surface area contributed by atoms with E-state index in [1.54, 1.807) is 31.5 Å². The largest absolute Gasteiger partial charge is 0.496 e. The van der Waals surface area contributed by atoms with Gasteiger partial charge in [-0.25, -0.2) is 0 Å². The van der Waals surface area contributed by atoms with Crippen LogP contribution in [0.2, 0.25) is 0 Å². The number of ether oxygens (including phenoxy) is 2. The normalized spacial score (nSPS) is 16.9. The highest BCUT2D eigenvalue weighted by molar-refractivity contribution is 5.99. The zero-order valence-electron chi connectivity index (χ0n) is 14.8. The molecule has 0 bridgehead atoms. The van der Waals surface area contributed by atoms with Gasteiger partial charge in [0.05, 0.1) is 7.11 Å². The molecule has 132 valence electrons. The van der Waals surface area contributed by atoms with Gasteiger partial charge in [0.2, 0.25) is 0 Å². The number of likely N-dealkylation sites (tertiary alicyclic amines) is 1. The fraction of sp³-hybridized carbons (Fsp3) is 0.238. The molecule has 1 amide bonds. The van der Waals surface area contributed by atoms with Gasteiger partial charge in [-0.1, -0.05) is 24.3 Å². The molecule has 3 aromatic rings. The molecule has 1 fully saturated rings. The van der Waals surface area contributed by atoms with Gasteiger partial charge in [-0.15, -0.1) is 0 Å². The molecule has 1 saturated heterocycles. The number of carbonyl (C=O) groups excluding carboxylic acids is 1. The highest BCUT2D eigenvalue weighted by Crippen LogP contribution is 2.37. The van der Waals surface area contributed by atoms with E-state index in [2.05, 4.69) is 11.1 Å². The van der Waals surface area contributed by atoms with Gasteiger partial charge in [-0.05, 0) is 34.5 Å². The standard InChI is InChI=1S/C21H20N2O3/c1-23-10-8-20(21(23)24)26-15-11-14-5-3-4-6-16(14)17(12-15)18-13-22-9-7-19(18)25-2/h3-7,9,11-13,20H,8,10H2,1-2H3.